The maximum absolute atomic E-state index is 13.1. The maximum atomic E-state index is 13.1. The van der Waals surface area contributed by atoms with E-state index in [-0.39, 0.29) is 18.6 Å². The van der Waals surface area contributed by atoms with E-state index in [0.29, 0.717) is 19.2 Å². The minimum atomic E-state index is -1.30. The molecule has 0 aliphatic carbocycles. The molecule has 2 saturated heterocycles. The molecule has 2 unspecified atom stereocenters. The third-order valence-corrected chi connectivity index (χ3v) is 9.52. The average Bonchev–Trinajstić information content (AvgIpc) is 3.12. The van der Waals surface area contributed by atoms with Crippen LogP contribution in [0.15, 0.2) is 17.0 Å². The highest BCUT2D eigenvalue weighted by Crippen LogP contribution is 2.26. The summed E-state index contributed by atoms with van der Waals surface area (Å²) in [4.78, 5) is 20.6. The van der Waals surface area contributed by atoms with E-state index in [1.165, 1.54) is 25.9 Å². The molecular weight excluding hydrogens is 476 g/mol. The molecule has 0 spiro atoms. The molecular formula is C27H46N4O4S. The number of likely N-dealkylation sites (N-methyl/N-ethyl adjacent to an activating group) is 2. The van der Waals surface area contributed by atoms with Gasteiger partial charge in [-0.3, -0.25) is 4.79 Å². The normalized spacial score (nSPS) is 21.4. The second-order valence-electron chi connectivity index (χ2n) is 10.4. The number of hydrogen-bond acceptors (Lipinski definition) is 6. The molecule has 2 heterocycles. The summed E-state index contributed by atoms with van der Waals surface area (Å²) in [5.74, 6) is 0.793. The highest BCUT2D eigenvalue weighted by Gasteiger charge is 2.28. The molecule has 2 fully saturated rings. The van der Waals surface area contributed by atoms with E-state index in [1.54, 1.807) is 11.4 Å². The van der Waals surface area contributed by atoms with Crippen LogP contribution in [0, 0.1) is 13.8 Å². The van der Waals surface area contributed by atoms with Crippen LogP contribution in [0.4, 0.5) is 0 Å². The predicted octanol–water partition coefficient (Wildman–Crippen LogP) is 2.69. The first-order valence-corrected chi connectivity index (χ1v) is 14.4. The fraction of sp³-hybridized carbons (Fsp3) is 0.741. The minimum absolute atomic E-state index is 0.0263. The van der Waals surface area contributed by atoms with Crippen molar-refractivity contribution in [3.8, 4) is 5.75 Å². The van der Waals surface area contributed by atoms with E-state index in [1.807, 2.05) is 45.0 Å². The Morgan fingerprint density at radius 1 is 1.06 bits per heavy atom. The van der Waals surface area contributed by atoms with Gasteiger partial charge in [-0.15, -0.1) is 0 Å². The molecule has 36 heavy (non-hydrogen) atoms. The maximum Gasteiger partial charge on any atom is 0.248 e. The predicted molar refractivity (Wildman–Crippen MR) is 145 cm³/mol. The Kier molecular flexibility index (Phi) is 11.2. The lowest BCUT2D eigenvalue weighted by Gasteiger charge is -2.37. The first-order valence-electron chi connectivity index (χ1n) is 13.3. The van der Waals surface area contributed by atoms with Gasteiger partial charge in [0.1, 0.15) is 23.3 Å². The number of carbonyl (C=O) groups is 1. The van der Waals surface area contributed by atoms with Gasteiger partial charge in [0.25, 0.3) is 0 Å². The fourth-order valence-corrected chi connectivity index (χ4v) is 6.63. The molecule has 0 aromatic heterocycles. The molecule has 9 heteroatoms. The zero-order valence-corrected chi connectivity index (χ0v) is 23.9. The molecule has 0 N–H and O–H groups in total. The smallest absolute Gasteiger partial charge is 0.248 e. The first kappa shape index (κ1) is 29.0. The lowest BCUT2D eigenvalue weighted by Crippen LogP contribution is -2.44. The fourth-order valence-electron chi connectivity index (χ4n) is 5.41. The summed E-state index contributed by atoms with van der Waals surface area (Å²) in [5, 5.41) is 0. The van der Waals surface area contributed by atoms with Crippen molar-refractivity contribution in [2.75, 3.05) is 74.2 Å². The van der Waals surface area contributed by atoms with Gasteiger partial charge in [-0.25, -0.2) is 8.51 Å². The number of amides is 1. The van der Waals surface area contributed by atoms with Crippen LogP contribution < -0.4 is 4.74 Å². The Bertz CT molecular complexity index is 868. The topological polar surface area (TPSA) is 65.6 Å². The van der Waals surface area contributed by atoms with Crippen LogP contribution in [-0.2, 0) is 20.5 Å². The SMILES string of the molecule is COc1cc(C)c(S(=O)N(C)CCOCC(=O)N(C)C2CCCN(C3CCN(C)CC3)CC2)c(C)c1. The number of rotatable bonds is 10. The van der Waals surface area contributed by atoms with Gasteiger partial charge in [0.2, 0.25) is 5.91 Å². The summed E-state index contributed by atoms with van der Waals surface area (Å²) in [6.45, 7) is 9.36. The number of nitrogens with zero attached hydrogens (tertiary/aromatic N) is 4. The van der Waals surface area contributed by atoms with Crippen molar-refractivity contribution >= 4 is 16.9 Å². The van der Waals surface area contributed by atoms with Gasteiger partial charge >= 0.3 is 0 Å². The number of ether oxygens (including phenoxy) is 2. The summed E-state index contributed by atoms with van der Waals surface area (Å²) in [6.07, 6.45) is 5.71. The number of piperidine rings is 1. The van der Waals surface area contributed by atoms with Crippen LogP contribution in [0.3, 0.4) is 0 Å². The third-order valence-electron chi connectivity index (χ3n) is 7.78. The lowest BCUT2D eigenvalue weighted by atomic mass is 10.0. The number of hydrogen-bond donors (Lipinski definition) is 0. The number of benzene rings is 1. The molecule has 0 saturated carbocycles. The van der Waals surface area contributed by atoms with Crippen LogP contribution in [0.25, 0.3) is 0 Å². The van der Waals surface area contributed by atoms with Gasteiger partial charge in [0.15, 0.2) is 0 Å². The first-order chi connectivity index (χ1) is 17.2. The summed E-state index contributed by atoms with van der Waals surface area (Å²) in [5.41, 5.74) is 1.88. The molecule has 1 aromatic rings. The van der Waals surface area contributed by atoms with E-state index in [9.17, 15) is 9.00 Å². The number of methoxy groups -OCH3 is 1. The van der Waals surface area contributed by atoms with Crippen LogP contribution in [0.2, 0.25) is 0 Å². The summed E-state index contributed by atoms with van der Waals surface area (Å²) < 4.78 is 25.9. The standard InChI is InChI=1S/C27H46N4O4S/c1-21-18-25(34-6)19-22(2)27(21)36(33)29(4)16-17-35-20-26(32)30(5)23-8-7-12-31(15-11-23)24-9-13-28(3)14-10-24/h18-19,23-24H,7-17,20H2,1-6H3. The van der Waals surface area contributed by atoms with Crippen molar-refractivity contribution in [3.63, 3.8) is 0 Å². The van der Waals surface area contributed by atoms with Gasteiger partial charge < -0.3 is 24.2 Å². The van der Waals surface area contributed by atoms with Crippen LogP contribution in [0.1, 0.15) is 43.2 Å². The molecule has 2 atom stereocenters. The van der Waals surface area contributed by atoms with Gasteiger partial charge in [0.05, 0.1) is 18.6 Å². The zero-order valence-electron chi connectivity index (χ0n) is 23.1. The van der Waals surface area contributed by atoms with Crippen LogP contribution in [0.5, 0.6) is 5.75 Å². The molecule has 0 bridgehead atoms. The highest BCUT2D eigenvalue weighted by atomic mass is 32.2. The van der Waals surface area contributed by atoms with Gasteiger partial charge in [-0.05, 0) is 95.9 Å². The van der Waals surface area contributed by atoms with E-state index >= 15 is 0 Å². The lowest BCUT2D eigenvalue weighted by molar-refractivity contribution is -0.137. The van der Waals surface area contributed by atoms with Crippen LogP contribution in [-0.4, -0.2) is 115 Å². The van der Waals surface area contributed by atoms with Crippen molar-refractivity contribution in [2.45, 2.75) is 62.9 Å². The molecule has 8 nitrogen and oxygen atoms in total. The molecule has 2 aliphatic heterocycles. The minimum Gasteiger partial charge on any atom is -0.497 e. The highest BCUT2D eigenvalue weighted by molar-refractivity contribution is 7.82. The van der Waals surface area contributed by atoms with E-state index in [4.69, 9.17) is 9.47 Å². The second-order valence-corrected chi connectivity index (χ2v) is 11.9. The summed E-state index contributed by atoms with van der Waals surface area (Å²) >= 11 is 0. The van der Waals surface area contributed by atoms with E-state index in [0.717, 1.165) is 54.1 Å². The van der Waals surface area contributed by atoms with Crippen LogP contribution >= 0.6 is 0 Å². The van der Waals surface area contributed by atoms with Crippen molar-refractivity contribution in [1.29, 1.82) is 0 Å². The molecule has 3 rings (SSSR count). The second kappa shape index (κ2) is 13.9. The number of carbonyl (C=O) groups excluding carboxylic acids is 1. The van der Waals surface area contributed by atoms with E-state index < -0.39 is 11.0 Å². The van der Waals surface area contributed by atoms with Gasteiger partial charge in [-0.1, -0.05) is 0 Å². The Balaban J connectivity index is 1.40. The molecule has 1 amide bonds. The number of likely N-dealkylation sites (tertiary alicyclic amines) is 2. The summed E-state index contributed by atoms with van der Waals surface area (Å²) in [7, 11) is 6.27. The largest absolute Gasteiger partial charge is 0.497 e. The third kappa shape index (κ3) is 7.74. The Labute approximate surface area is 220 Å². The van der Waals surface area contributed by atoms with Crippen molar-refractivity contribution in [3.05, 3.63) is 23.3 Å². The molecule has 1 aromatic carbocycles. The Hall–Kier alpha value is -1.52. The van der Waals surface area contributed by atoms with Crippen molar-refractivity contribution in [1.82, 2.24) is 19.0 Å². The molecule has 2 aliphatic rings. The molecule has 0 radical (unpaired) electrons. The van der Waals surface area contributed by atoms with Gasteiger partial charge in [-0.2, -0.15) is 0 Å². The van der Waals surface area contributed by atoms with Gasteiger partial charge in [0, 0.05) is 39.3 Å². The monoisotopic (exact) mass is 522 g/mol. The van der Waals surface area contributed by atoms with Crippen molar-refractivity contribution in [2.24, 2.45) is 0 Å². The van der Waals surface area contributed by atoms with E-state index in [2.05, 4.69) is 16.8 Å². The van der Waals surface area contributed by atoms with Crippen molar-refractivity contribution < 1.29 is 18.5 Å². The molecule has 204 valence electrons. The zero-order chi connectivity index (χ0) is 26.2. The number of aryl methyl sites for hydroxylation is 2. The Morgan fingerprint density at radius 3 is 2.36 bits per heavy atom. The quantitative estimate of drug-likeness (QED) is 0.441. The summed E-state index contributed by atoms with van der Waals surface area (Å²) in [6, 6.07) is 4.77. The average molecular weight is 523 g/mol. The Morgan fingerprint density at radius 2 is 1.72 bits per heavy atom.